The highest BCUT2D eigenvalue weighted by atomic mass is 32.2. The fourth-order valence-corrected chi connectivity index (χ4v) is 4.43. The van der Waals surface area contributed by atoms with E-state index in [9.17, 15) is 26.4 Å². The van der Waals surface area contributed by atoms with Crippen LogP contribution in [0.1, 0.15) is 12.5 Å². The van der Waals surface area contributed by atoms with Gasteiger partial charge in [0.2, 0.25) is 5.91 Å². The van der Waals surface area contributed by atoms with Crippen LogP contribution < -0.4 is 14.4 Å². The molecule has 0 atom stereocenters. The minimum Gasteiger partial charge on any atom is -0.494 e. The number of benzene rings is 3. The number of rotatable bonds is 8. The molecule has 3 aromatic carbocycles. The number of hydrogen-bond donors (Lipinski definition) is 1. The van der Waals surface area contributed by atoms with Crippen molar-refractivity contribution in [2.24, 2.45) is 0 Å². The van der Waals surface area contributed by atoms with Crippen LogP contribution in [-0.4, -0.2) is 27.5 Å². The summed E-state index contributed by atoms with van der Waals surface area (Å²) >= 11 is 0. The molecule has 1 N–H and O–H groups in total. The van der Waals surface area contributed by atoms with Gasteiger partial charge in [-0.2, -0.15) is 13.2 Å². The first-order chi connectivity index (χ1) is 15.6. The highest BCUT2D eigenvalue weighted by molar-refractivity contribution is 7.92. The van der Waals surface area contributed by atoms with E-state index in [2.05, 4.69) is 5.32 Å². The Morgan fingerprint density at radius 1 is 0.939 bits per heavy atom. The van der Waals surface area contributed by atoms with Gasteiger partial charge in [0, 0.05) is 5.69 Å². The number of amides is 1. The maximum atomic E-state index is 13.3. The molecule has 0 saturated carbocycles. The molecule has 33 heavy (non-hydrogen) atoms. The van der Waals surface area contributed by atoms with Gasteiger partial charge in [-0.3, -0.25) is 9.10 Å². The van der Waals surface area contributed by atoms with E-state index >= 15 is 0 Å². The zero-order valence-corrected chi connectivity index (χ0v) is 18.4. The Kier molecular flexibility index (Phi) is 7.27. The molecule has 0 saturated heterocycles. The van der Waals surface area contributed by atoms with E-state index < -0.39 is 34.2 Å². The molecule has 0 fully saturated rings. The smallest absolute Gasteiger partial charge is 0.416 e. The molecule has 0 unspecified atom stereocenters. The van der Waals surface area contributed by atoms with Crippen LogP contribution in [0.25, 0.3) is 0 Å². The summed E-state index contributed by atoms with van der Waals surface area (Å²) in [6.45, 7) is 1.65. The number of carbonyl (C=O) groups excluding carboxylic acids is 1. The summed E-state index contributed by atoms with van der Waals surface area (Å²) in [5.41, 5.74) is -0.523. The molecule has 0 bridgehead atoms. The standard InChI is InChI=1S/C23H21F3N2O4S/c1-2-32-20-14-12-19(13-15-20)28(33(30,31)21-6-4-3-5-7-21)16-22(29)27-18-10-8-17(9-11-18)23(24,25)26/h3-15H,2,16H2,1H3,(H,27,29). The number of anilines is 2. The first kappa shape index (κ1) is 24.1. The lowest BCUT2D eigenvalue weighted by Crippen LogP contribution is -2.38. The fourth-order valence-electron chi connectivity index (χ4n) is 2.98. The second-order valence-corrected chi connectivity index (χ2v) is 8.74. The number of carbonyl (C=O) groups is 1. The minimum atomic E-state index is -4.50. The summed E-state index contributed by atoms with van der Waals surface area (Å²) in [4.78, 5) is 12.6. The SMILES string of the molecule is CCOc1ccc(N(CC(=O)Nc2ccc(C(F)(F)F)cc2)S(=O)(=O)c2ccccc2)cc1. The van der Waals surface area contributed by atoms with Gasteiger partial charge >= 0.3 is 6.18 Å². The van der Waals surface area contributed by atoms with E-state index in [1.807, 2.05) is 6.92 Å². The van der Waals surface area contributed by atoms with Crippen LogP contribution in [0.15, 0.2) is 83.8 Å². The molecule has 1 amide bonds. The Bertz CT molecular complexity index is 1180. The number of nitrogens with zero attached hydrogens (tertiary/aromatic N) is 1. The van der Waals surface area contributed by atoms with E-state index in [0.29, 0.717) is 12.4 Å². The van der Waals surface area contributed by atoms with E-state index in [1.165, 1.54) is 24.3 Å². The molecule has 0 spiro atoms. The van der Waals surface area contributed by atoms with Crippen molar-refractivity contribution >= 4 is 27.3 Å². The van der Waals surface area contributed by atoms with E-state index in [0.717, 1.165) is 28.6 Å². The number of alkyl halides is 3. The number of hydrogen-bond acceptors (Lipinski definition) is 4. The molecule has 6 nitrogen and oxygen atoms in total. The Morgan fingerprint density at radius 2 is 1.55 bits per heavy atom. The lowest BCUT2D eigenvalue weighted by molar-refractivity contribution is -0.137. The molecule has 174 valence electrons. The van der Waals surface area contributed by atoms with Crippen molar-refractivity contribution in [2.75, 3.05) is 22.8 Å². The monoisotopic (exact) mass is 478 g/mol. The lowest BCUT2D eigenvalue weighted by Gasteiger charge is -2.24. The Balaban J connectivity index is 1.87. The lowest BCUT2D eigenvalue weighted by atomic mass is 10.2. The molecule has 3 aromatic rings. The first-order valence-electron chi connectivity index (χ1n) is 9.89. The topological polar surface area (TPSA) is 75.7 Å². The van der Waals surface area contributed by atoms with E-state index in [-0.39, 0.29) is 16.3 Å². The van der Waals surface area contributed by atoms with Gasteiger partial charge in [0.15, 0.2) is 0 Å². The van der Waals surface area contributed by atoms with Crippen LogP contribution >= 0.6 is 0 Å². The summed E-state index contributed by atoms with van der Waals surface area (Å²) in [6.07, 6.45) is -4.50. The van der Waals surface area contributed by atoms with Crippen LogP contribution in [-0.2, 0) is 21.0 Å². The third kappa shape index (κ3) is 6.04. The quantitative estimate of drug-likeness (QED) is 0.498. The van der Waals surface area contributed by atoms with Gasteiger partial charge in [-0.1, -0.05) is 18.2 Å². The van der Waals surface area contributed by atoms with Gasteiger partial charge in [-0.25, -0.2) is 8.42 Å². The number of sulfonamides is 1. The predicted octanol–water partition coefficient (Wildman–Crippen LogP) is 4.94. The van der Waals surface area contributed by atoms with E-state index in [1.54, 1.807) is 30.3 Å². The summed E-state index contributed by atoms with van der Waals surface area (Å²) in [7, 11) is -4.11. The maximum absolute atomic E-state index is 13.3. The van der Waals surface area contributed by atoms with Crippen molar-refractivity contribution in [1.29, 1.82) is 0 Å². The van der Waals surface area contributed by atoms with Crippen molar-refractivity contribution in [3.05, 3.63) is 84.4 Å². The normalized spacial score (nSPS) is 11.6. The fraction of sp³-hybridized carbons (Fsp3) is 0.174. The van der Waals surface area contributed by atoms with Gasteiger partial charge < -0.3 is 10.1 Å². The third-order valence-corrected chi connectivity index (χ3v) is 6.34. The Labute approximate surface area is 189 Å². The average molecular weight is 478 g/mol. The number of halogens is 3. The van der Waals surface area contributed by atoms with Gasteiger partial charge in [-0.05, 0) is 67.6 Å². The molecule has 0 radical (unpaired) electrons. The van der Waals surface area contributed by atoms with Crippen LogP contribution in [0.5, 0.6) is 5.75 Å². The predicted molar refractivity (Wildman–Crippen MR) is 119 cm³/mol. The highest BCUT2D eigenvalue weighted by Crippen LogP contribution is 2.30. The highest BCUT2D eigenvalue weighted by Gasteiger charge is 2.30. The van der Waals surface area contributed by atoms with Crippen LogP contribution in [0.3, 0.4) is 0 Å². The maximum Gasteiger partial charge on any atom is 0.416 e. The minimum absolute atomic E-state index is 0.0128. The molecule has 10 heteroatoms. The average Bonchev–Trinajstić information content (AvgIpc) is 2.79. The summed E-state index contributed by atoms with van der Waals surface area (Å²) < 4.78 is 71.1. The molecule has 0 aliphatic rings. The second kappa shape index (κ2) is 9.95. The third-order valence-electron chi connectivity index (χ3n) is 4.55. The zero-order valence-electron chi connectivity index (χ0n) is 17.5. The van der Waals surface area contributed by atoms with Gasteiger partial charge in [0.05, 0.1) is 22.8 Å². The summed E-state index contributed by atoms with van der Waals surface area (Å²) in [5.74, 6) is -0.185. The van der Waals surface area contributed by atoms with Gasteiger partial charge in [0.1, 0.15) is 12.3 Å². The van der Waals surface area contributed by atoms with Crippen molar-refractivity contribution in [3.63, 3.8) is 0 Å². The van der Waals surface area contributed by atoms with Crippen LogP contribution in [0.4, 0.5) is 24.5 Å². The molecule has 0 aromatic heterocycles. The van der Waals surface area contributed by atoms with E-state index in [4.69, 9.17) is 4.74 Å². The van der Waals surface area contributed by atoms with Gasteiger partial charge in [-0.15, -0.1) is 0 Å². The second-order valence-electron chi connectivity index (χ2n) is 6.87. The van der Waals surface area contributed by atoms with Crippen LogP contribution in [0, 0.1) is 0 Å². The molecule has 0 heterocycles. The summed E-state index contributed by atoms with van der Waals surface area (Å²) in [6, 6.07) is 17.7. The Morgan fingerprint density at radius 3 is 2.09 bits per heavy atom. The van der Waals surface area contributed by atoms with Crippen molar-refractivity contribution in [2.45, 2.75) is 18.0 Å². The van der Waals surface area contributed by atoms with Crippen LogP contribution in [0.2, 0.25) is 0 Å². The molecular formula is C23H21F3N2O4S. The van der Waals surface area contributed by atoms with Crippen molar-refractivity contribution in [3.8, 4) is 5.75 Å². The molecule has 0 aliphatic heterocycles. The first-order valence-corrected chi connectivity index (χ1v) is 11.3. The molecule has 0 aliphatic carbocycles. The molecular weight excluding hydrogens is 457 g/mol. The van der Waals surface area contributed by atoms with Gasteiger partial charge in [0.25, 0.3) is 10.0 Å². The molecule has 3 rings (SSSR count). The number of ether oxygens (including phenoxy) is 1. The number of nitrogens with one attached hydrogen (secondary N) is 1. The summed E-state index contributed by atoms with van der Waals surface area (Å²) in [5, 5.41) is 2.44. The van der Waals surface area contributed by atoms with Crippen molar-refractivity contribution in [1.82, 2.24) is 0 Å². The van der Waals surface area contributed by atoms with Crippen molar-refractivity contribution < 1.29 is 31.1 Å². The zero-order chi connectivity index (χ0) is 24.1. The largest absolute Gasteiger partial charge is 0.494 e. The Hall–Kier alpha value is -3.53.